The first-order chi connectivity index (χ1) is 13.6. The molecule has 0 bridgehead atoms. The number of nitrogens with two attached hydrogens (primary N) is 1. The van der Waals surface area contributed by atoms with Gasteiger partial charge in [-0.25, -0.2) is 4.68 Å². The summed E-state index contributed by atoms with van der Waals surface area (Å²) in [6.45, 7) is 0. The van der Waals surface area contributed by atoms with Crippen molar-refractivity contribution in [3.63, 3.8) is 0 Å². The lowest BCUT2D eigenvalue weighted by atomic mass is 10.1. The summed E-state index contributed by atoms with van der Waals surface area (Å²) in [6, 6.07) is 14.4. The molecule has 1 aliphatic heterocycles. The number of hydrogen-bond donors (Lipinski definition) is 1. The second-order valence-corrected chi connectivity index (χ2v) is 7.06. The largest absolute Gasteiger partial charge is 0.497 e. The summed E-state index contributed by atoms with van der Waals surface area (Å²) < 4.78 is 6.53. The Kier molecular flexibility index (Phi) is 4.74. The third-order valence-corrected chi connectivity index (χ3v) is 5.38. The molecule has 2 amide bonds. The quantitative estimate of drug-likeness (QED) is 0.386. The monoisotopic (exact) mass is 395 g/mol. The Bertz CT molecular complexity index is 1010. The molecule has 0 saturated heterocycles. The normalized spacial score (nSPS) is 13.1. The third-order valence-electron chi connectivity index (χ3n) is 4.46. The van der Waals surface area contributed by atoms with Gasteiger partial charge in [-0.1, -0.05) is 36.0 Å². The van der Waals surface area contributed by atoms with Crippen molar-refractivity contribution in [1.29, 1.82) is 0 Å². The van der Waals surface area contributed by atoms with Crippen molar-refractivity contribution in [1.82, 2.24) is 19.8 Å². The van der Waals surface area contributed by atoms with E-state index in [0.717, 1.165) is 11.3 Å². The van der Waals surface area contributed by atoms with Crippen LogP contribution in [-0.4, -0.2) is 44.6 Å². The van der Waals surface area contributed by atoms with Crippen LogP contribution in [0.25, 0.3) is 0 Å². The summed E-state index contributed by atoms with van der Waals surface area (Å²) in [5, 5.41) is 8.64. The lowest BCUT2D eigenvalue weighted by molar-refractivity contribution is 0.0684. The van der Waals surface area contributed by atoms with Gasteiger partial charge in [-0.3, -0.25) is 14.5 Å². The van der Waals surface area contributed by atoms with Gasteiger partial charge >= 0.3 is 0 Å². The van der Waals surface area contributed by atoms with Crippen LogP contribution in [0.2, 0.25) is 0 Å². The van der Waals surface area contributed by atoms with Crippen molar-refractivity contribution >= 4 is 23.6 Å². The minimum atomic E-state index is -0.311. The highest BCUT2D eigenvalue weighted by Gasteiger charge is 2.35. The second-order valence-electron chi connectivity index (χ2n) is 6.15. The molecule has 0 saturated carbocycles. The van der Waals surface area contributed by atoms with Gasteiger partial charge in [-0.05, 0) is 29.8 Å². The molecule has 0 aliphatic carbocycles. The number of nitrogens with zero attached hydrogens (tertiary/aromatic N) is 4. The molecule has 0 unspecified atom stereocenters. The highest BCUT2D eigenvalue weighted by molar-refractivity contribution is 7.99. The lowest BCUT2D eigenvalue weighted by Gasteiger charge is -2.12. The summed E-state index contributed by atoms with van der Waals surface area (Å²) in [5.41, 5.74) is 1.85. The van der Waals surface area contributed by atoms with E-state index in [1.54, 1.807) is 31.4 Å². The molecule has 1 aromatic heterocycles. The third kappa shape index (κ3) is 3.20. The molecule has 8 nitrogen and oxygen atoms in total. The Morgan fingerprint density at radius 2 is 1.64 bits per heavy atom. The molecular formula is C19H17N5O3S. The summed E-state index contributed by atoms with van der Waals surface area (Å²) in [6.07, 6.45) is 0.501. The molecule has 0 radical (unpaired) electrons. The van der Waals surface area contributed by atoms with Crippen molar-refractivity contribution in [3.8, 4) is 5.75 Å². The predicted octanol–water partition coefficient (Wildman–Crippen LogP) is 1.94. The Balaban J connectivity index is 1.44. The van der Waals surface area contributed by atoms with E-state index in [2.05, 4.69) is 10.2 Å². The number of rotatable bonds is 6. The van der Waals surface area contributed by atoms with Crippen LogP contribution in [0.1, 0.15) is 32.1 Å². The van der Waals surface area contributed by atoms with Crippen molar-refractivity contribution in [2.45, 2.75) is 11.6 Å². The number of carbonyl (C=O) groups excluding carboxylic acids is 2. The number of methoxy groups -OCH3 is 1. The van der Waals surface area contributed by atoms with Crippen LogP contribution in [0.4, 0.5) is 0 Å². The van der Waals surface area contributed by atoms with Crippen LogP contribution in [0.5, 0.6) is 5.75 Å². The van der Waals surface area contributed by atoms with E-state index in [0.29, 0.717) is 28.5 Å². The molecule has 2 aromatic carbocycles. The van der Waals surface area contributed by atoms with Gasteiger partial charge in [-0.15, -0.1) is 10.2 Å². The molecule has 1 aliphatic rings. The van der Waals surface area contributed by atoms with Gasteiger partial charge in [0, 0.05) is 6.42 Å². The predicted molar refractivity (Wildman–Crippen MR) is 104 cm³/mol. The number of amides is 2. The summed E-state index contributed by atoms with van der Waals surface area (Å²) >= 11 is 1.19. The first-order valence-electron chi connectivity index (χ1n) is 8.49. The van der Waals surface area contributed by atoms with Gasteiger partial charge < -0.3 is 10.6 Å². The average molecular weight is 395 g/mol. The van der Waals surface area contributed by atoms with Gasteiger partial charge in [0.05, 0.1) is 24.1 Å². The van der Waals surface area contributed by atoms with E-state index in [-0.39, 0.29) is 17.7 Å². The zero-order chi connectivity index (χ0) is 19.7. The van der Waals surface area contributed by atoms with Gasteiger partial charge in [0.2, 0.25) is 5.16 Å². The van der Waals surface area contributed by atoms with Crippen LogP contribution < -0.4 is 10.6 Å². The second kappa shape index (κ2) is 7.35. The topological polar surface area (TPSA) is 103 Å². The molecule has 28 heavy (non-hydrogen) atoms. The number of ether oxygens (including phenoxy) is 1. The Hall–Kier alpha value is -3.33. The van der Waals surface area contributed by atoms with Gasteiger partial charge in [0.15, 0.2) is 5.82 Å². The molecular weight excluding hydrogens is 378 g/mol. The smallest absolute Gasteiger partial charge is 0.262 e. The molecule has 0 fully saturated rings. The summed E-state index contributed by atoms with van der Waals surface area (Å²) in [7, 11) is 1.61. The average Bonchev–Trinajstić information content (AvgIpc) is 3.19. The highest BCUT2D eigenvalue weighted by Crippen LogP contribution is 2.26. The molecule has 2 N–H and O–H groups in total. The zero-order valence-electron chi connectivity index (χ0n) is 15.0. The van der Waals surface area contributed by atoms with Crippen LogP contribution in [0.15, 0.2) is 53.7 Å². The summed E-state index contributed by atoms with van der Waals surface area (Å²) in [4.78, 5) is 26.0. The Morgan fingerprint density at radius 3 is 2.25 bits per heavy atom. The van der Waals surface area contributed by atoms with E-state index in [1.165, 1.54) is 21.3 Å². The van der Waals surface area contributed by atoms with Crippen molar-refractivity contribution in [2.24, 2.45) is 0 Å². The SMILES string of the molecule is COc1ccc(Cc2nnc(SCN3C(=O)c4ccccc4C3=O)n2N)cc1. The number of carbonyl (C=O) groups is 2. The standard InChI is InChI=1S/C19H17N5O3S/c1-27-13-8-6-12(7-9-13)10-16-21-22-19(24(16)20)28-11-23-17(25)14-4-2-3-5-15(14)18(23)26/h2-9H,10-11,20H2,1H3. The minimum Gasteiger partial charge on any atom is -0.497 e. The van der Waals surface area contributed by atoms with E-state index in [4.69, 9.17) is 10.6 Å². The van der Waals surface area contributed by atoms with Gasteiger partial charge in [0.25, 0.3) is 11.8 Å². The zero-order valence-corrected chi connectivity index (χ0v) is 15.8. The van der Waals surface area contributed by atoms with Gasteiger partial charge in [0.1, 0.15) is 5.75 Å². The number of imide groups is 1. The first kappa shape index (κ1) is 18.1. The minimum absolute atomic E-state index is 0.115. The van der Waals surface area contributed by atoms with Crippen molar-refractivity contribution in [2.75, 3.05) is 18.8 Å². The van der Waals surface area contributed by atoms with Crippen LogP contribution in [0, 0.1) is 0 Å². The van der Waals surface area contributed by atoms with Crippen molar-refractivity contribution < 1.29 is 14.3 Å². The number of fused-ring (bicyclic) bond motifs is 1. The maximum Gasteiger partial charge on any atom is 0.262 e. The molecule has 0 spiro atoms. The maximum atomic E-state index is 12.4. The fraction of sp³-hybridized carbons (Fsp3) is 0.158. The van der Waals surface area contributed by atoms with E-state index in [9.17, 15) is 9.59 Å². The van der Waals surface area contributed by atoms with Gasteiger partial charge in [-0.2, -0.15) is 0 Å². The molecule has 3 aromatic rings. The highest BCUT2D eigenvalue weighted by atomic mass is 32.2. The molecule has 0 atom stereocenters. The lowest BCUT2D eigenvalue weighted by Crippen LogP contribution is -2.29. The van der Waals surface area contributed by atoms with E-state index < -0.39 is 0 Å². The molecule has 2 heterocycles. The number of hydrogen-bond acceptors (Lipinski definition) is 7. The maximum absolute atomic E-state index is 12.4. The fourth-order valence-electron chi connectivity index (χ4n) is 2.93. The van der Waals surface area contributed by atoms with E-state index >= 15 is 0 Å². The summed E-state index contributed by atoms with van der Waals surface area (Å²) in [5.74, 6) is 6.95. The molecule has 4 rings (SSSR count). The first-order valence-corrected chi connectivity index (χ1v) is 9.47. The van der Waals surface area contributed by atoms with Crippen molar-refractivity contribution in [3.05, 3.63) is 71.0 Å². The number of thioether (sulfide) groups is 1. The Labute approximate surface area is 165 Å². The van der Waals surface area contributed by atoms with E-state index in [1.807, 2.05) is 24.3 Å². The Morgan fingerprint density at radius 1 is 1.00 bits per heavy atom. The van der Waals surface area contributed by atoms with Crippen LogP contribution >= 0.6 is 11.8 Å². The number of aromatic nitrogens is 3. The van der Waals surface area contributed by atoms with Crippen LogP contribution in [0.3, 0.4) is 0 Å². The fourth-order valence-corrected chi connectivity index (χ4v) is 3.75. The number of benzene rings is 2. The molecule has 142 valence electrons. The number of nitrogen functional groups attached to an aromatic ring is 1. The molecule has 9 heteroatoms. The van der Waals surface area contributed by atoms with Crippen LogP contribution in [-0.2, 0) is 6.42 Å².